The van der Waals surface area contributed by atoms with Gasteiger partial charge in [0.05, 0.1) is 6.10 Å². The minimum absolute atomic E-state index is 0.128. The molecule has 29 heavy (non-hydrogen) atoms. The molecule has 2 aromatic rings. The highest BCUT2D eigenvalue weighted by atomic mass is 35.5. The van der Waals surface area contributed by atoms with Crippen LogP contribution in [0, 0.1) is 11.6 Å². The maximum absolute atomic E-state index is 14.8. The predicted octanol–water partition coefficient (Wildman–Crippen LogP) is 5.23. The number of halogens is 3. The van der Waals surface area contributed by atoms with Crippen molar-refractivity contribution in [2.45, 2.75) is 31.3 Å². The monoisotopic (exact) mass is 440 g/mol. The van der Waals surface area contributed by atoms with Gasteiger partial charge < -0.3 is 5.11 Å². The molecule has 1 N–H and O–H groups in total. The van der Waals surface area contributed by atoms with Crippen molar-refractivity contribution < 1.29 is 22.3 Å². The van der Waals surface area contributed by atoms with E-state index in [4.69, 9.17) is 11.6 Å². The summed E-state index contributed by atoms with van der Waals surface area (Å²) in [5.74, 6) is -1.41. The third kappa shape index (κ3) is 3.75. The Balaban J connectivity index is 2.34. The summed E-state index contributed by atoms with van der Waals surface area (Å²) < 4.78 is 52.1. The first-order valence-electron chi connectivity index (χ1n) is 8.89. The standard InChI is InChI=1S/C21H21ClF2NO3S/c1-13-4-6-16(10-14(2)26)25(13,20-8-5-15(23)11-18(20)22)17-7-9-21(19(24)12-17)29(3,27)28/h4-9,11-12,14,26H,10H2,1-3H3/q+1/t14-,25?/m0/s1. The van der Waals surface area contributed by atoms with Gasteiger partial charge in [-0.25, -0.2) is 21.7 Å². The summed E-state index contributed by atoms with van der Waals surface area (Å²) in [7, 11) is -3.74. The average molecular weight is 441 g/mol. The minimum Gasteiger partial charge on any atom is -0.393 e. The molecule has 1 unspecified atom stereocenters. The van der Waals surface area contributed by atoms with E-state index in [1.807, 2.05) is 19.1 Å². The Morgan fingerprint density at radius 3 is 2.38 bits per heavy atom. The highest BCUT2D eigenvalue weighted by Crippen LogP contribution is 2.51. The van der Waals surface area contributed by atoms with E-state index < -0.39 is 32.5 Å². The van der Waals surface area contributed by atoms with Crippen LogP contribution in [0.3, 0.4) is 0 Å². The maximum atomic E-state index is 14.8. The van der Waals surface area contributed by atoms with Crippen LogP contribution in [0.25, 0.3) is 0 Å². The number of rotatable bonds is 5. The van der Waals surface area contributed by atoms with Crippen molar-refractivity contribution in [3.8, 4) is 0 Å². The third-order valence-corrected chi connectivity index (χ3v) is 6.39. The molecule has 0 spiro atoms. The first-order chi connectivity index (χ1) is 13.5. The molecular formula is C21H21ClF2NO3S+. The normalized spacial score (nSPS) is 20.4. The molecule has 2 atom stereocenters. The van der Waals surface area contributed by atoms with Crippen LogP contribution in [-0.2, 0) is 9.84 Å². The van der Waals surface area contributed by atoms with Gasteiger partial charge in [0.2, 0.25) is 0 Å². The number of hydrogen-bond acceptors (Lipinski definition) is 3. The number of sulfone groups is 1. The molecule has 0 saturated carbocycles. The molecule has 4 nitrogen and oxygen atoms in total. The SMILES string of the molecule is CC1=CC=C(C[C@H](C)O)[N+]1(c1ccc(S(C)(=O)=O)c(F)c1)c1ccc(F)cc1Cl. The van der Waals surface area contributed by atoms with Crippen molar-refractivity contribution in [2.24, 2.45) is 0 Å². The van der Waals surface area contributed by atoms with Crippen molar-refractivity contribution in [3.05, 3.63) is 76.6 Å². The van der Waals surface area contributed by atoms with Crippen LogP contribution in [0.1, 0.15) is 20.3 Å². The van der Waals surface area contributed by atoms with Gasteiger partial charge in [-0.15, -0.1) is 0 Å². The molecule has 2 aromatic carbocycles. The summed E-state index contributed by atoms with van der Waals surface area (Å²) in [6.07, 6.45) is 4.12. The molecule has 0 aliphatic carbocycles. The Bertz CT molecular complexity index is 1140. The van der Waals surface area contributed by atoms with Gasteiger partial charge in [-0.1, -0.05) is 11.6 Å². The summed E-state index contributed by atoms with van der Waals surface area (Å²) in [5.41, 5.74) is 2.29. The topological polar surface area (TPSA) is 54.4 Å². The van der Waals surface area contributed by atoms with E-state index >= 15 is 0 Å². The van der Waals surface area contributed by atoms with Crippen LogP contribution < -0.4 is 4.48 Å². The number of nitrogens with zero attached hydrogens (tertiary/aromatic N) is 1. The summed E-state index contributed by atoms with van der Waals surface area (Å²) in [6.45, 7) is 3.44. The van der Waals surface area contributed by atoms with Crippen LogP contribution in [0.5, 0.6) is 0 Å². The van der Waals surface area contributed by atoms with Gasteiger partial charge in [0.15, 0.2) is 21.2 Å². The molecule has 1 aliphatic rings. The van der Waals surface area contributed by atoms with Crippen LogP contribution in [0.2, 0.25) is 5.02 Å². The van der Waals surface area contributed by atoms with Crippen molar-refractivity contribution in [1.29, 1.82) is 0 Å². The Morgan fingerprint density at radius 1 is 1.14 bits per heavy atom. The van der Waals surface area contributed by atoms with Crippen LogP contribution in [0.4, 0.5) is 20.2 Å². The number of benzene rings is 2. The quantitative estimate of drug-likeness (QED) is 0.647. The number of hydrogen-bond donors (Lipinski definition) is 1. The summed E-state index contributed by atoms with van der Waals surface area (Å²) in [6, 6.07) is 7.81. The molecule has 0 bridgehead atoms. The fraction of sp³-hybridized carbons (Fsp3) is 0.238. The molecule has 0 radical (unpaired) electrons. The van der Waals surface area contributed by atoms with E-state index in [2.05, 4.69) is 0 Å². The average Bonchev–Trinajstić information content (AvgIpc) is 2.90. The van der Waals surface area contributed by atoms with E-state index in [1.54, 1.807) is 6.92 Å². The predicted molar refractivity (Wildman–Crippen MR) is 111 cm³/mol. The van der Waals surface area contributed by atoms with Crippen LogP contribution >= 0.6 is 11.6 Å². The minimum atomic E-state index is -3.74. The molecule has 0 amide bonds. The Kier molecular flexibility index (Phi) is 5.71. The second kappa shape index (κ2) is 7.65. The maximum Gasteiger partial charge on any atom is 0.178 e. The lowest BCUT2D eigenvalue weighted by atomic mass is 10.1. The van der Waals surface area contributed by atoms with Gasteiger partial charge in [-0.05, 0) is 25.1 Å². The molecular weight excluding hydrogens is 420 g/mol. The number of aliphatic hydroxyl groups excluding tert-OH is 1. The van der Waals surface area contributed by atoms with E-state index in [0.717, 1.165) is 18.0 Å². The zero-order valence-corrected chi connectivity index (χ0v) is 17.7. The van der Waals surface area contributed by atoms with Gasteiger partial charge in [-0.3, -0.25) is 0 Å². The van der Waals surface area contributed by atoms with Gasteiger partial charge in [0, 0.05) is 50.0 Å². The number of quaternary nitrogens is 1. The lowest BCUT2D eigenvalue weighted by Crippen LogP contribution is -2.40. The fourth-order valence-corrected chi connectivity index (χ4v) is 4.80. The number of allylic oxidation sites excluding steroid dienone is 3. The lowest BCUT2D eigenvalue weighted by Gasteiger charge is -2.37. The number of aliphatic hydroxyl groups is 1. The Morgan fingerprint density at radius 2 is 1.83 bits per heavy atom. The Labute approximate surface area is 173 Å². The summed E-state index contributed by atoms with van der Waals surface area (Å²) in [4.78, 5) is -0.411. The van der Waals surface area contributed by atoms with Gasteiger partial charge in [0.1, 0.15) is 32.9 Å². The smallest absolute Gasteiger partial charge is 0.178 e. The first-order valence-corrected chi connectivity index (χ1v) is 11.2. The fourth-order valence-electron chi connectivity index (χ4n) is 3.78. The second-order valence-electron chi connectivity index (χ2n) is 7.17. The molecule has 0 aromatic heterocycles. The van der Waals surface area contributed by atoms with Crippen molar-refractivity contribution in [3.63, 3.8) is 0 Å². The van der Waals surface area contributed by atoms with Crippen LogP contribution in [-0.4, -0.2) is 25.9 Å². The van der Waals surface area contributed by atoms with Crippen LogP contribution in [0.15, 0.2) is 64.8 Å². The zero-order chi connectivity index (χ0) is 21.6. The van der Waals surface area contributed by atoms with E-state index in [-0.39, 0.29) is 15.9 Å². The van der Waals surface area contributed by atoms with E-state index in [0.29, 0.717) is 17.1 Å². The van der Waals surface area contributed by atoms with Gasteiger partial charge >= 0.3 is 0 Å². The summed E-state index contributed by atoms with van der Waals surface area (Å²) >= 11 is 6.40. The largest absolute Gasteiger partial charge is 0.393 e. The van der Waals surface area contributed by atoms with Crippen molar-refractivity contribution in [1.82, 2.24) is 4.48 Å². The molecule has 1 aliphatic heterocycles. The molecule has 8 heteroatoms. The molecule has 154 valence electrons. The highest BCUT2D eigenvalue weighted by Gasteiger charge is 2.45. The lowest BCUT2D eigenvalue weighted by molar-refractivity contribution is 0.189. The molecule has 0 saturated heterocycles. The Hall–Kier alpha value is -2.06. The van der Waals surface area contributed by atoms with E-state index in [1.165, 1.54) is 30.3 Å². The van der Waals surface area contributed by atoms with Crippen molar-refractivity contribution in [2.75, 3.05) is 6.26 Å². The van der Waals surface area contributed by atoms with Gasteiger partial charge in [-0.2, -0.15) is 0 Å². The summed E-state index contributed by atoms with van der Waals surface area (Å²) in [5, 5.41) is 10.2. The van der Waals surface area contributed by atoms with E-state index in [9.17, 15) is 22.3 Å². The second-order valence-corrected chi connectivity index (χ2v) is 9.56. The molecule has 0 fully saturated rings. The molecule has 3 rings (SSSR count). The zero-order valence-electron chi connectivity index (χ0n) is 16.2. The van der Waals surface area contributed by atoms with Gasteiger partial charge in [0.25, 0.3) is 0 Å². The van der Waals surface area contributed by atoms with Crippen molar-refractivity contribution >= 4 is 32.8 Å². The molecule has 1 heterocycles. The first kappa shape index (κ1) is 21.6. The third-order valence-electron chi connectivity index (χ3n) is 4.95. The highest BCUT2D eigenvalue weighted by molar-refractivity contribution is 7.90.